The fourth-order valence-corrected chi connectivity index (χ4v) is 3.28. The third-order valence-corrected chi connectivity index (χ3v) is 3.85. The molecule has 112 valence electrons. The van der Waals surface area contributed by atoms with Gasteiger partial charge in [0.05, 0.1) is 12.7 Å². The van der Waals surface area contributed by atoms with Gasteiger partial charge >= 0.3 is 5.97 Å². The molecule has 0 radical (unpaired) electrons. The molecule has 0 heterocycles. The molecule has 0 bridgehead atoms. The van der Waals surface area contributed by atoms with Gasteiger partial charge in [-0.3, -0.25) is 0 Å². The highest BCUT2D eigenvalue weighted by Crippen LogP contribution is 2.27. The van der Waals surface area contributed by atoms with Crippen LogP contribution < -0.4 is 8.85 Å². The molecule has 6 heteroatoms. The highest BCUT2D eigenvalue weighted by molar-refractivity contribution is 6.70. The molecular formula is C14H24O4Si2. The lowest BCUT2D eigenvalue weighted by Crippen LogP contribution is -2.30. The van der Waals surface area contributed by atoms with E-state index in [4.69, 9.17) is 13.6 Å². The van der Waals surface area contributed by atoms with Crippen molar-refractivity contribution in [2.75, 3.05) is 7.11 Å². The van der Waals surface area contributed by atoms with Gasteiger partial charge in [-0.2, -0.15) is 0 Å². The SMILES string of the molecule is COC(=O)c1cc(O[Si](C)(C)C)cc(O[Si](C)(C)C)c1. The second-order valence-corrected chi connectivity index (χ2v) is 15.5. The average Bonchev–Trinajstić information content (AvgIpc) is 2.22. The van der Waals surface area contributed by atoms with E-state index in [-0.39, 0.29) is 5.97 Å². The first-order valence-corrected chi connectivity index (χ1v) is 13.4. The van der Waals surface area contributed by atoms with Crippen molar-refractivity contribution in [1.82, 2.24) is 0 Å². The van der Waals surface area contributed by atoms with Gasteiger partial charge in [-0.05, 0) is 51.4 Å². The maximum atomic E-state index is 11.7. The van der Waals surface area contributed by atoms with Gasteiger partial charge in [0.15, 0.2) is 0 Å². The molecule has 0 amide bonds. The molecule has 0 aromatic heterocycles. The van der Waals surface area contributed by atoms with Gasteiger partial charge < -0.3 is 13.6 Å². The van der Waals surface area contributed by atoms with E-state index in [1.807, 2.05) is 6.07 Å². The largest absolute Gasteiger partial charge is 0.544 e. The third kappa shape index (κ3) is 5.79. The summed E-state index contributed by atoms with van der Waals surface area (Å²) in [4.78, 5) is 11.7. The van der Waals surface area contributed by atoms with E-state index in [9.17, 15) is 4.79 Å². The van der Waals surface area contributed by atoms with Crippen molar-refractivity contribution in [3.8, 4) is 11.5 Å². The van der Waals surface area contributed by atoms with Crippen LogP contribution in [-0.2, 0) is 4.74 Å². The van der Waals surface area contributed by atoms with Gasteiger partial charge in [-0.1, -0.05) is 0 Å². The normalized spacial score (nSPS) is 11.9. The third-order valence-electron chi connectivity index (χ3n) is 2.15. The molecule has 0 aliphatic rings. The highest BCUT2D eigenvalue weighted by atomic mass is 28.4. The smallest absolute Gasteiger partial charge is 0.338 e. The molecule has 0 saturated heterocycles. The highest BCUT2D eigenvalue weighted by Gasteiger charge is 2.21. The summed E-state index contributed by atoms with van der Waals surface area (Å²) < 4.78 is 16.7. The average molecular weight is 313 g/mol. The minimum atomic E-state index is -1.74. The molecule has 20 heavy (non-hydrogen) atoms. The van der Waals surface area contributed by atoms with Crippen LogP contribution >= 0.6 is 0 Å². The number of benzene rings is 1. The molecule has 0 aliphatic heterocycles. The number of carbonyl (C=O) groups is 1. The van der Waals surface area contributed by atoms with Gasteiger partial charge in [-0.15, -0.1) is 0 Å². The first kappa shape index (κ1) is 16.8. The maximum absolute atomic E-state index is 11.7. The Bertz CT molecular complexity index is 453. The molecule has 0 fully saturated rings. The van der Waals surface area contributed by atoms with Crippen molar-refractivity contribution in [2.24, 2.45) is 0 Å². The van der Waals surface area contributed by atoms with Crippen LogP contribution in [0.3, 0.4) is 0 Å². The van der Waals surface area contributed by atoms with Crippen LogP contribution in [0.4, 0.5) is 0 Å². The predicted molar refractivity (Wildman–Crippen MR) is 85.7 cm³/mol. The number of hydrogen-bond acceptors (Lipinski definition) is 4. The molecule has 1 rings (SSSR count). The summed E-state index contributed by atoms with van der Waals surface area (Å²) in [6, 6.07) is 5.27. The van der Waals surface area contributed by atoms with E-state index in [0.717, 1.165) is 0 Å². The van der Waals surface area contributed by atoms with E-state index < -0.39 is 16.6 Å². The summed E-state index contributed by atoms with van der Waals surface area (Å²) in [6.07, 6.45) is 0. The number of ether oxygens (including phenoxy) is 1. The number of carbonyl (C=O) groups excluding carboxylic acids is 1. The van der Waals surface area contributed by atoms with Crippen molar-refractivity contribution < 1.29 is 18.4 Å². The van der Waals surface area contributed by atoms with E-state index in [2.05, 4.69) is 39.3 Å². The van der Waals surface area contributed by atoms with Crippen LogP contribution in [0, 0.1) is 0 Å². The second kappa shape index (κ2) is 6.01. The van der Waals surface area contributed by atoms with Gasteiger partial charge in [0.2, 0.25) is 16.6 Å². The minimum absolute atomic E-state index is 0.383. The summed E-state index contributed by atoms with van der Waals surface area (Å²) >= 11 is 0. The summed E-state index contributed by atoms with van der Waals surface area (Å²) in [5.41, 5.74) is 0.455. The Balaban J connectivity index is 3.17. The van der Waals surface area contributed by atoms with Crippen LogP contribution in [-0.4, -0.2) is 29.7 Å². The van der Waals surface area contributed by atoms with E-state index in [1.165, 1.54) is 7.11 Å². The zero-order valence-electron chi connectivity index (χ0n) is 13.4. The van der Waals surface area contributed by atoms with Crippen molar-refractivity contribution in [1.29, 1.82) is 0 Å². The summed E-state index contributed by atoms with van der Waals surface area (Å²) in [7, 11) is -2.12. The number of hydrogen-bond donors (Lipinski definition) is 0. The summed E-state index contributed by atoms with van der Waals surface area (Å²) in [5, 5.41) is 0. The van der Waals surface area contributed by atoms with Gasteiger partial charge in [0.1, 0.15) is 11.5 Å². The molecule has 0 N–H and O–H groups in total. The molecule has 0 saturated carbocycles. The van der Waals surface area contributed by atoms with Crippen LogP contribution in [0.25, 0.3) is 0 Å². The summed E-state index contributed by atoms with van der Waals surface area (Å²) in [6.45, 7) is 12.6. The van der Waals surface area contributed by atoms with Crippen LogP contribution in [0.5, 0.6) is 11.5 Å². The lowest BCUT2D eigenvalue weighted by molar-refractivity contribution is 0.0600. The fourth-order valence-electron chi connectivity index (χ4n) is 1.63. The Kier molecular flexibility index (Phi) is 5.04. The molecule has 0 atom stereocenters. The molecule has 0 unspecified atom stereocenters. The Morgan fingerprint density at radius 1 is 0.850 bits per heavy atom. The molecule has 1 aromatic rings. The van der Waals surface area contributed by atoms with Crippen molar-refractivity contribution in [3.63, 3.8) is 0 Å². The van der Waals surface area contributed by atoms with Crippen molar-refractivity contribution in [2.45, 2.75) is 39.3 Å². The Labute approximate surface area is 123 Å². The lowest BCUT2D eigenvalue weighted by atomic mass is 10.2. The summed E-state index contributed by atoms with van der Waals surface area (Å²) in [5.74, 6) is 0.951. The minimum Gasteiger partial charge on any atom is -0.544 e. The van der Waals surface area contributed by atoms with Crippen LogP contribution in [0.1, 0.15) is 10.4 Å². The molecule has 0 aliphatic carbocycles. The van der Waals surface area contributed by atoms with Crippen LogP contribution in [0.15, 0.2) is 18.2 Å². The number of esters is 1. The topological polar surface area (TPSA) is 44.8 Å². The first-order valence-electron chi connectivity index (χ1n) is 6.62. The number of methoxy groups -OCH3 is 1. The second-order valence-electron chi connectivity index (χ2n) is 6.61. The first-order chi connectivity index (χ1) is 9.00. The van der Waals surface area contributed by atoms with Crippen LogP contribution in [0.2, 0.25) is 39.3 Å². The van der Waals surface area contributed by atoms with Crippen molar-refractivity contribution in [3.05, 3.63) is 23.8 Å². The van der Waals surface area contributed by atoms with E-state index in [0.29, 0.717) is 17.1 Å². The monoisotopic (exact) mass is 312 g/mol. The van der Waals surface area contributed by atoms with Crippen molar-refractivity contribution >= 4 is 22.6 Å². The Hall–Kier alpha value is -1.28. The predicted octanol–water partition coefficient (Wildman–Crippen LogP) is 3.90. The fraction of sp³-hybridized carbons (Fsp3) is 0.500. The number of rotatable bonds is 5. The van der Waals surface area contributed by atoms with Gasteiger partial charge in [0, 0.05) is 6.07 Å². The molecule has 1 aromatic carbocycles. The zero-order chi connectivity index (χ0) is 15.6. The Morgan fingerprint density at radius 3 is 1.55 bits per heavy atom. The maximum Gasteiger partial charge on any atom is 0.338 e. The Morgan fingerprint density at radius 2 is 1.25 bits per heavy atom. The van der Waals surface area contributed by atoms with Gasteiger partial charge in [0.25, 0.3) is 0 Å². The quantitative estimate of drug-likeness (QED) is 0.611. The molecule has 4 nitrogen and oxygen atoms in total. The van der Waals surface area contributed by atoms with Gasteiger partial charge in [-0.25, -0.2) is 4.79 Å². The lowest BCUT2D eigenvalue weighted by Gasteiger charge is -2.23. The van der Waals surface area contributed by atoms with E-state index in [1.54, 1.807) is 12.1 Å². The molecule has 0 spiro atoms. The van der Waals surface area contributed by atoms with E-state index >= 15 is 0 Å². The standard InChI is InChI=1S/C14H24O4Si2/c1-16-14(15)11-8-12(17-19(2,3)4)10-13(9-11)18-20(5,6)7/h8-10H,1-7H3. The zero-order valence-corrected chi connectivity index (χ0v) is 15.4. The molecular weight excluding hydrogens is 288 g/mol.